The standard InChI is InChI=1S/C17H21N3O3/c1-3-18-17(22)19-16(21)15(13-8-5-4-6-9-13)20(2)12-14-10-7-11-23-14/h4-11,15H,3,12H2,1-2H3,(H2,18,19,21,22)/p+1/t15-/m1/s1. The molecule has 2 rings (SSSR count). The number of rotatable bonds is 6. The summed E-state index contributed by atoms with van der Waals surface area (Å²) >= 11 is 0. The van der Waals surface area contributed by atoms with E-state index in [4.69, 9.17) is 4.42 Å². The molecule has 6 heteroatoms. The van der Waals surface area contributed by atoms with Gasteiger partial charge in [0.1, 0.15) is 6.54 Å². The molecule has 1 aromatic carbocycles. The molecule has 0 fully saturated rings. The Labute approximate surface area is 135 Å². The van der Waals surface area contributed by atoms with E-state index >= 15 is 0 Å². The van der Waals surface area contributed by atoms with Crippen molar-refractivity contribution in [1.29, 1.82) is 0 Å². The average Bonchev–Trinajstić information content (AvgIpc) is 3.01. The fraction of sp³-hybridized carbons (Fsp3) is 0.294. The first-order valence-corrected chi connectivity index (χ1v) is 7.60. The highest BCUT2D eigenvalue weighted by Gasteiger charge is 2.30. The molecule has 2 atom stereocenters. The largest absolute Gasteiger partial charge is 0.463 e. The summed E-state index contributed by atoms with van der Waals surface area (Å²) in [5.74, 6) is 0.445. The number of carbonyl (C=O) groups excluding carboxylic acids is 2. The summed E-state index contributed by atoms with van der Waals surface area (Å²) in [6, 6.07) is 12.1. The van der Waals surface area contributed by atoms with Crippen LogP contribution in [0.5, 0.6) is 0 Å². The summed E-state index contributed by atoms with van der Waals surface area (Å²) in [6.07, 6.45) is 1.61. The third kappa shape index (κ3) is 4.69. The van der Waals surface area contributed by atoms with Crippen LogP contribution in [0.3, 0.4) is 0 Å². The van der Waals surface area contributed by atoms with E-state index in [9.17, 15) is 9.59 Å². The number of nitrogens with one attached hydrogen (secondary N) is 3. The maximum absolute atomic E-state index is 12.6. The number of imide groups is 1. The minimum absolute atomic E-state index is 0.341. The van der Waals surface area contributed by atoms with E-state index in [-0.39, 0.29) is 5.91 Å². The molecule has 0 saturated carbocycles. The highest BCUT2D eigenvalue weighted by atomic mass is 16.3. The lowest BCUT2D eigenvalue weighted by Gasteiger charge is -2.23. The number of furan rings is 1. The molecule has 23 heavy (non-hydrogen) atoms. The van der Waals surface area contributed by atoms with Crippen LogP contribution in [0.25, 0.3) is 0 Å². The van der Waals surface area contributed by atoms with Crippen molar-refractivity contribution in [1.82, 2.24) is 10.6 Å². The Kier molecular flexibility index (Phi) is 5.94. The van der Waals surface area contributed by atoms with E-state index < -0.39 is 12.1 Å². The molecule has 0 radical (unpaired) electrons. The molecular weight excluding hydrogens is 294 g/mol. The fourth-order valence-electron chi connectivity index (χ4n) is 2.48. The van der Waals surface area contributed by atoms with Gasteiger partial charge in [-0.05, 0) is 19.1 Å². The van der Waals surface area contributed by atoms with Gasteiger partial charge in [0.2, 0.25) is 0 Å². The number of amides is 3. The highest BCUT2D eigenvalue weighted by Crippen LogP contribution is 2.10. The van der Waals surface area contributed by atoms with Crippen LogP contribution in [-0.2, 0) is 11.3 Å². The summed E-state index contributed by atoms with van der Waals surface area (Å²) in [5, 5.41) is 4.97. The number of hydrogen-bond donors (Lipinski definition) is 3. The van der Waals surface area contributed by atoms with E-state index in [2.05, 4.69) is 10.6 Å². The molecule has 122 valence electrons. The highest BCUT2D eigenvalue weighted by molar-refractivity contribution is 5.96. The Bertz CT molecular complexity index is 626. The number of likely N-dealkylation sites (N-methyl/N-ethyl adjacent to an activating group) is 1. The molecule has 0 bridgehead atoms. The molecule has 0 aliphatic heterocycles. The van der Waals surface area contributed by atoms with Gasteiger partial charge in [-0.1, -0.05) is 30.3 Å². The Morgan fingerprint density at radius 1 is 1.17 bits per heavy atom. The third-order valence-electron chi connectivity index (χ3n) is 3.50. The second-order valence-electron chi connectivity index (χ2n) is 5.29. The molecule has 1 unspecified atom stereocenters. The Hall–Kier alpha value is -2.60. The average molecular weight is 316 g/mol. The van der Waals surface area contributed by atoms with Crippen LogP contribution in [0, 0.1) is 0 Å². The molecule has 3 N–H and O–H groups in total. The molecule has 2 aromatic rings. The van der Waals surface area contributed by atoms with Crippen molar-refractivity contribution in [3.05, 3.63) is 60.1 Å². The lowest BCUT2D eigenvalue weighted by Crippen LogP contribution is -3.09. The number of hydrogen-bond acceptors (Lipinski definition) is 3. The van der Waals surface area contributed by atoms with Crippen molar-refractivity contribution in [3.8, 4) is 0 Å². The molecule has 0 aliphatic rings. The number of carbonyl (C=O) groups is 2. The number of quaternary nitrogens is 1. The van der Waals surface area contributed by atoms with E-state index in [1.165, 1.54) is 0 Å². The zero-order chi connectivity index (χ0) is 16.7. The predicted octanol–water partition coefficient (Wildman–Crippen LogP) is 0.881. The predicted molar refractivity (Wildman–Crippen MR) is 85.7 cm³/mol. The topological polar surface area (TPSA) is 75.8 Å². The molecule has 1 aromatic heterocycles. The molecule has 3 amide bonds. The Morgan fingerprint density at radius 2 is 1.91 bits per heavy atom. The molecular formula is C17H22N3O3+. The minimum atomic E-state index is -0.510. The maximum Gasteiger partial charge on any atom is 0.321 e. The number of urea groups is 1. The van der Waals surface area contributed by atoms with Gasteiger partial charge in [0.25, 0.3) is 5.91 Å². The fourth-order valence-corrected chi connectivity index (χ4v) is 2.48. The summed E-state index contributed by atoms with van der Waals surface area (Å²) < 4.78 is 5.36. The van der Waals surface area contributed by atoms with Crippen LogP contribution < -0.4 is 15.5 Å². The van der Waals surface area contributed by atoms with Crippen LogP contribution in [-0.4, -0.2) is 25.5 Å². The van der Waals surface area contributed by atoms with Gasteiger partial charge in [-0.2, -0.15) is 0 Å². The second kappa shape index (κ2) is 8.14. The quantitative estimate of drug-likeness (QED) is 0.740. The van der Waals surface area contributed by atoms with Crippen LogP contribution in [0.4, 0.5) is 4.79 Å². The van der Waals surface area contributed by atoms with Gasteiger partial charge in [-0.15, -0.1) is 0 Å². The van der Waals surface area contributed by atoms with Crippen molar-refractivity contribution in [2.75, 3.05) is 13.6 Å². The van der Waals surface area contributed by atoms with Crippen LogP contribution in [0.2, 0.25) is 0 Å². The zero-order valence-electron chi connectivity index (χ0n) is 13.3. The smallest absolute Gasteiger partial charge is 0.321 e. The Morgan fingerprint density at radius 3 is 2.52 bits per heavy atom. The monoisotopic (exact) mass is 316 g/mol. The maximum atomic E-state index is 12.6. The summed E-state index contributed by atoms with van der Waals surface area (Å²) in [6.45, 7) is 2.80. The van der Waals surface area contributed by atoms with E-state index in [0.29, 0.717) is 13.1 Å². The van der Waals surface area contributed by atoms with Gasteiger partial charge in [0.15, 0.2) is 11.8 Å². The summed E-state index contributed by atoms with van der Waals surface area (Å²) in [4.78, 5) is 25.1. The van der Waals surface area contributed by atoms with Crippen molar-refractivity contribution < 1.29 is 18.9 Å². The van der Waals surface area contributed by atoms with E-state index in [1.807, 2.05) is 49.5 Å². The molecule has 0 aliphatic carbocycles. The first-order chi connectivity index (χ1) is 11.1. The summed E-state index contributed by atoms with van der Waals surface area (Å²) in [5.41, 5.74) is 0.846. The molecule has 0 spiro atoms. The van der Waals surface area contributed by atoms with Crippen LogP contribution >= 0.6 is 0 Å². The van der Waals surface area contributed by atoms with Crippen molar-refractivity contribution in [2.24, 2.45) is 0 Å². The Balaban J connectivity index is 2.17. The molecule has 1 heterocycles. The number of benzene rings is 1. The van der Waals surface area contributed by atoms with Gasteiger partial charge < -0.3 is 14.6 Å². The van der Waals surface area contributed by atoms with Crippen molar-refractivity contribution >= 4 is 11.9 Å². The summed E-state index contributed by atoms with van der Waals surface area (Å²) in [7, 11) is 1.90. The van der Waals surface area contributed by atoms with Gasteiger partial charge >= 0.3 is 6.03 Å². The van der Waals surface area contributed by atoms with Crippen LogP contribution in [0.1, 0.15) is 24.3 Å². The molecule has 0 saturated heterocycles. The normalized spacial score (nSPS) is 13.1. The first kappa shape index (κ1) is 16.8. The third-order valence-corrected chi connectivity index (χ3v) is 3.50. The second-order valence-corrected chi connectivity index (χ2v) is 5.29. The van der Waals surface area contributed by atoms with E-state index in [0.717, 1.165) is 16.2 Å². The SMILES string of the molecule is CCNC(=O)NC(=O)[C@@H](c1ccccc1)[NH+](C)Cc1ccco1. The van der Waals surface area contributed by atoms with Gasteiger partial charge in [0.05, 0.1) is 13.3 Å². The van der Waals surface area contributed by atoms with Crippen molar-refractivity contribution in [3.63, 3.8) is 0 Å². The van der Waals surface area contributed by atoms with E-state index in [1.54, 1.807) is 13.2 Å². The van der Waals surface area contributed by atoms with Gasteiger partial charge in [0, 0.05) is 12.1 Å². The lowest BCUT2D eigenvalue weighted by molar-refractivity contribution is -0.917. The van der Waals surface area contributed by atoms with Crippen molar-refractivity contribution in [2.45, 2.75) is 19.5 Å². The van der Waals surface area contributed by atoms with Crippen LogP contribution in [0.15, 0.2) is 53.1 Å². The lowest BCUT2D eigenvalue weighted by atomic mass is 10.0. The molecule has 6 nitrogen and oxygen atoms in total. The minimum Gasteiger partial charge on any atom is -0.463 e. The van der Waals surface area contributed by atoms with Gasteiger partial charge in [-0.3, -0.25) is 10.1 Å². The zero-order valence-corrected chi connectivity index (χ0v) is 13.3. The first-order valence-electron chi connectivity index (χ1n) is 7.60. The van der Waals surface area contributed by atoms with Gasteiger partial charge in [-0.25, -0.2) is 4.79 Å².